The average molecular weight is 236 g/mol. The van der Waals surface area contributed by atoms with Gasteiger partial charge in [0.25, 0.3) is 0 Å². The lowest BCUT2D eigenvalue weighted by Crippen LogP contribution is -2.14. The minimum Gasteiger partial charge on any atom is -0.393 e. The third kappa shape index (κ3) is 2.36. The molecule has 0 radical (unpaired) electrons. The summed E-state index contributed by atoms with van der Waals surface area (Å²) in [7, 11) is 1.83. The van der Waals surface area contributed by atoms with Crippen LogP contribution in [-0.4, -0.2) is 31.1 Å². The van der Waals surface area contributed by atoms with Crippen molar-refractivity contribution in [2.24, 2.45) is 7.05 Å². The fraction of sp³-hybridized carbons (Fsp3) is 0.545. The van der Waals surface area contributed by atoms with Crippen molar-refractivity contribution in [1.29, 1.82) is 0 Å². The van der Waals surface area contributed by atoms with Crippen molar-refractivity contribution in [2.75, 3.05) is 0 Å². The van der Waals surface area contributed by atoms with Crippen LogP contribution in [0.25, 0.3) is 11.5 Å². The number of rotatable bonds is 4. The molecule has 1 N–H and O–H groups in total. The number of aliphatic hydroxyl groups is 1. The molecule has 0 spiro atoms. The van der Waals surface area contributed by atoms with Gasteiger partial charge in [-0.1, -0.05) is 12.1 Å². The van der Waals surface area contributed by atoms with Crippen molar-refractivity contribution in [1.82, 2.24) is 19.9 Å². The number of nitrogens with zero attached hydrogens (tertiary/aromatic N) is 4. The van der Waals surface area contributed by atoms with Gasteiger partial charge in [-0.15, -0.1) is 0 Å². The van der Waals surface area contributed by atoms with Crippen LogP contribution in [0.3, 0.4) is 0 Å². The van der Waals surface area contributed by atoms with Crippen molar-refractivity contribution >= 4 is 0 Å². The SMILES string of the molecule is CCC(c1nc(-c2ccn(C)n2)no1)C(C)O. The lowest BCUT2D eigenvalue weighted by molar-refractivity contribution is 0.141. The first kappa shape index (κ1) is 11.8. The van der Waals surface area contributed by atoms with Gasteiger partial charge in [0.15, 0.2) is 0 Å². The first-order chi connectivity index (χ1) is 8.11. The van der Waals surface area contributed by atoms with Crippen LogP contribution in [0, 0.1) is 0 Å². The monoisotopic (exact) mass is 236 g/mol. The van der Waals surface area contributed by atoms with E-state index >= 15 is 0 Å². The fourth-order valence-corrected chi connectivity index (χ4v) is 1.75. The smallest absolute Gasteiger partial charge is 0.232 e. The molecule has 2 unspecified atom stereocenters. The summed E-state index contributed by atoms with van der Waals surface area (Å²) in [5.41, 5.74) is 0.669. The predicted octanol–water partition coefficient (Wildman–Crippen LogP) is 1.34. The number of aliphatic hydroxyl groups excluding tert-OH is 1. The highest BCUT2D eigenvalue weighted by Crippen LogP contribution is 2.23. The zero-order valence-corrected chi connectivity index (χ0v) is 10.2. The molecule has 6 heteroatoms. The molecular formula is C11H16N4O2. The molecule has 0 amide bonds. The number of hydrogen-bond acceptors (Lipinski definition) is 5. The molecule has 0 aromatic carbocycles. The Morgan fingerprint density at radius 1 is 1.53 bits per heavy atom. The lowest BCUT2D eigenvalue weighted by Gasteiger charge is -2.12. The standard InChI is InChI=1S/C11H16N4O2/c1-4-8(7(2)16)11-12-10(14-17-11)9-5-6-15(3)13-9/h5-8,16H,4H2,1-3H3. The van der Waals surface area contributed by atoms with E-state index in [-0.39, 0.29) is 5.92 Å². The quantitative estimate of drug-likeness (QED) is 0.866. The summed E-state index contributed by atoms with van der Waals surface area (Å²) in [5, 5.41) is 17.7. The second-order valence-electron chi connectivity index (χ2n) is 4.09. The third-order valence-corrected chi connectivity index (χ3v) is 2.72. The Balaban J connectivity index is 2.26. The summed E-state index contributed by atoms with van der Waals surface area (Å²) in [5.74, 6) is 0.794. The minimum absolute atomic E-state index is 0.125. The van der Waals surface area contributed by atoms with Crippen molar-refractivity contribution < 1.29 is 9.63 Å². The van der Waals surface area contributed by atoms with Crippen LogP contribution in [0.1, 0.15) is 32.1 Å². The van der Waals surface area contributed by atoms with Crippen LogP contribution in [0.2, 0.25) is 0 Å². The molecule has 2 aromatic rings. The van der Waals surface area contributed by atoms with Crippen LogP contribution in [-0.2, 0) is 7.05 Å². The Bertz CT molecular complexity index is 489. The highest BCUT2D eigenvalue weighted by Gasteiger charge is 2.22. The van der Waals surface area contributed by atoms with E-state index in [4.69, 9.17) is 4.52 Å². The molecule has 6 nitrogen and oxygen atoms in total. The van der Waals surface area contributed by atoms with E-state index in [1.807, 2.05) is 26.2 Å². The van der Waals surface area contributed by atoms with Gasteiger partial charge in [0.05, 0.1) is 12.0 Å². The summed E-state index contributed by atoms with van der Waals surface area (Å²) in [6, 6.07) is 1.82. The highest BCUT2D eigenvalue weighted by molar-refractivity contribution is 5.46. The topological polar surface area (TPSA) is 77.0 Å². The molecule has 17 heavy (non-hydrogen) atoms. The van der Waals surface area contributed by atoms with E-state index in [1.165, 1.54) is 0 Å². The van der Waals surface area contributed by atoms with E-state index in [0.29, 0.717) is 17.4 Å². The van der Waals surface area contributed by atoms with Crippen LogP contribution < -0.4 is 0 Å². The molecule has 2 atom stereocenters. The Kier molecular flexibility index (Phi) is 3.23. The summed E-state index contributed by atoms with van der Waals surface area (Å²) in [6.07, 6.45) is 2.07. The van der Waals surface area contributed by atoms with Crippen molar-refractivity contribution in [3.8, 4) is 11.5 Å². The Morgan fingerprint density at radius 3 is 2.82 bits per heavy atom. The molecular weight excluding hydrogens is 220 g/mol. The predicted molar refractivity (Wildman–Crippen MR) is 61.2 cm³/mol. The van der Waals surface area contributed by atoms with Crippen molar-refractivity contribution in [3.05, 3.63) is 18.2 Å². The van der Waals surface area contributed by atoms with E-state index in [2.05, 4.69) is 15.2 Å². The van der Waals surface area contributed by atoms with Gasteiger partial charge in [0, 0.05) is 13.2 Å². The Hall–Kier alpha value is -1.69. The van der Waals surface area contributed by atoms with Crippen molar-refractivity contribution in [2.45, 2.75) is 32.3 Å². The molecule has 0 aliphatic heterocycles. The van der Waals surface area contributed by atoms with E-state index in [0.717, 1.165) is 6.42 Å². The van der Waals surface area contributed by atoms with Crippen LogP contribution in [0.5, 0.6) is 0 Å². The molecule has 92 valence electrons. The maximum Gasteiger partial charge on any atom is 0.232 e. The van der Waals surface area contributed by atoms with Gasteiger partial charge in [0.1, 0.15) is 5.69 Å². The Morgan fingerprint density at radius 2 is 2.29 bits per heavy atom. The van der Waals surface area contributed by atoms with Gasteiger partial charge in [-0.2, -0.15) is 10.1 Å². The van der Waals surface area contributed by atoms with Crippen LogP contribution in [0.4, 0.5) is 0 Å². The zero-order valence-electron chi connectivity index (χ0n) is 10.2. The summed E-state index contributed by atoms with van der Waals surface area (Å²) in [6.45, 7) is 3.70. The van der Waals surface area contributed by atoms with Crippen LogP contribution >= 0.6 is 0 Å². The number of hydrogen-bond donors (Lipinski definition) is 1. The normalized spacial score (nSPS) is 14.8. The molecule has 0 aliphatic carbocycles. The third-order valence-electron chi connectivity index (χ3n) is 2.72. The van der Waals surface area contributed by atoms with E-state index in [9.17, 15) is 5.11 Å². The minimum atomic E-state index is -0.503. The van der Waals surface area contributed by atoms with Gasteiger partial charge in [0.2, 0.25) is 11.7 Å². The first-order valence-electron chi connectivity index (χ1n) is 5.63. The van der Waals surface area contributed by atoms with Crippen molar-refractivity contribution in [3.63, 3.8) is 0 Å². The van der Waals surface area contributed by atoms with Gasteiger partial charge < -0.3 is 9.63 Å². The van der Waals surface area contributed by atoms with E-state index in [1.54, 1.807) is 11.6 Å². The molecule has 0 saturated carbocycles. The number of aryl methyl sites for hydroxylation is 1. The van der Waals surface area contributed by atoms with Crippen LogP contribution in [0.15, 0.2) is 16.8 Å². The van der Waals surface area contributed by atoms with Gasteiger partial charge >= 0.3 is 0 Å². The average Bonchev–Trinajstić information content (AvgIpc) is 2.87. The maximum atomic E-state index is 9.60. The van der Waals surface area contributed by atoms with Gasteiger partial charge in [-0.25, -0.2) is 0 Å². The largest absolute Gasteiger partial charge is 0.393 e. The summed E-state index contributed by atoms with van der Waals surface area (Å²) < 4.78 is 6.85. The molecule has 0 bridgehead atoms. The highest BCUT2D eigenvalue weighted by atomic mass is 16.5. The molecule has 0 fully saturated rings. The number of aromatic nitrogens is 4. The summed E-state index contributed by atoms with van der Waals surface area (Å²) >= 11 is 0. The van der Waals surface area contributed by atoms with E-state index < -0.39 is 6.10 Å². The first-order valence-corrected chi connectivity index (χ1v) is 5.63. The Labute approximate surface area is 99.3 Å². The molecule has 0 saturated heterocycles. The second-order valence-corrected chi connectivity index (χ2v) is 4.09. The molecule has 0 aliphatic rings. The zero-order chi connectivity index (χ0) is 12.4. The fourth-order valence-electron chi connectivity index (χ4n) is 1.75. The van der Waals surface area contributed by atoms with Gasteiger partial charge in [-0.05, 0) is 19.4 Å². The molecule has 2 heterocycles. The molecule has 2 aromatic heterocycles. The second kappa shape index (κ2) is 4.67. The summed E-state index contributed by atoms with van der Waals surface area (Å²) in [4.78, 5) is 4.27. The maximum absolute atomic E-state index is 9.60. The van der Waals surface area contributed by atoms with Gasteiger partial charge in [-0.3, -0.25) is 4.68 Å². The molecule has 2 rings (SSSR count). The lowest BCUT2D eigenvalue weighted by atomic mass is 10.0.